The van der Waals surface area contributed by atoms with E-state index in [-0.39, 0.29) is 11.9 Å². The Labute approximate surface area is 94.3 Å². The standard InChI is InChI=1S/C11H16N2O3/c1-13-7-9(6-12-13)2-3-10(14)11-8-15-4-5-16-11/h6-7,11H,2-5,8H2,1H3. The van der Waals surface area contributed by atoms with E-state index in [1.165, 1.54) is 0 Å². The van der Waals surface area contributed by atoms with Crippen LogP contribution >= 0.6 is 0 Å². The molecule has 0 amide bonds. The Hall–Kier alpha value is -1.20. The van der Waals surface area contributed by atoms with Crippen molar-refractivity contribution < 1.29 is 14.3 Å². The van der Waals surface area contributed by atoms with Crippen LogP contribution in [0.3, 0.4) is 0 Å². The van der Waals surface area contributed by atoms with Gasteiger partial charge in [0.25, 0.3) is 0 Å². The Morgan fingerprint density at radius 1 is 1.62 bits per heavy atom. The molecule has 0 aliphatic carbocycles. The summed E-state index contributed by atoms with van der Waals surface area (Å²) in [6, 6.07) is 0. The van der Waals surface area contributed by atoms with Gasteiger partial charge in [-0.3, -0.25) is 9.48 Å². The Morgan fingerprint density at radius 3 is 3.12 bits per heavy atom. The first-order chi connectivity index (χ1) is 7.75. The van der Waals surface area contributed by atoms with Crippen LogP contribution in [0.4, 0.5) is 0 Å². The van der Waals surface area contributed by atoms with E-state index in [2.05, 4.69) is 5.10 Å². The van der Waals surface area contributed by atoms with E-state index in [0.29, 0.717) is 32.7 Å². The number of hydrogen-bond donors (Lipinski definition) is 0. The Balaban J connectivity index is 1.78. The molecule has 0 radical (unpaired) electrons. The lowest BCUT2D eigenvalue weighted by atomic mass is 10.1. The average Bonchev–Trinajstić information content (AvgIpc) is 2.73. The molecule has 2 heterocycles. The van der Waals surface area contributed by atoms with E-state index >= 15 is 0 Å². The van der Waals surface area contributed by atoms with Crippen LogP contribution in [-0.4, -0.2) is 41.5 Å². The van der Waals surface area contributed by atoms with Crippen LogP contribution < -0.4 is 0 Å². The third-order valence-corrected chi connectivity index (χ3v) is 2.59. The van der Waals surface area contributed by atoms with Gasteiger partial charge >= 0.3 is 0 Å². The van der Waals surface area contributed by atoms with E-state index in [9.17, 15) is 4.79 Å². The highest BCUT2D eigenvalue weighted by atomic mass is 16.6. The number of rotatable bonds is 4. The summed E-state index contributed by atoms with van der Waals surface area (Å²) in [7, 11) is 1.86. The molecule has 1 saturated heterocycles. The van der Waals surface area contributed by atoms with Gasteiger partial charge in [-0.25, -0.2) is 0 Å². The van der Waals surface area contributed by atoms with Crippen molar-refractivity contribution in [1.29, 1.82) is 0 Å². The molecule has 0 N–H and O–H groups in total. The smallest absolute Gasteiger partial charge is 0.164 e. The number of aryl methyl sites for hydroxylation is 2. The summed E-state index contributed by atoms with van der Waals surface area (Å²) in [5, 5.41) is 4.06. The van der Waals surface area contributed by atoms with Crippen LogP contribution in [0.1, 0.15) is 12.0 Å². The van der Waals surface area contributed by atoms with E-state index in [1.807, 2.05) is 13.2 Å². The fraction of sp³-hybridized carbons (Fsp3) is 0.636. The molecule has 1 fully saturated rings. The quantitative estimate of drug-likeness (QED) is 0.740. The molecule has 0 spiro atoms. The fourth-order valence-corrected chi connectivity index (χ4v) is 1.70. The molecule has 1 atom stereocenters. The van der Waals surface area contributed by atoms with Gasteiger partial charge in [-0.1, -0.05) is 0 Å². The minimum absolute atomic E-state index is 0.114. The molecule has 88 valence electrons. The van der Waals surface area contributed by atoms with Crippen LogP contribution in [-0.2, 0) is 27.7 Å². The van der Waals surface area contributed by atoms with Crippen LogP contribution in [0, 0.1) is 0 Å². The van der Waals surface area contributed by atoms with Gasteiger partial charge in [0.05, 0.1) is 26.0 Å². The summed E-state index contributed by atoms with van der Waals surface area (Å²) >= 11 is 0. The van der Waals surface area contributed by atoms with Crippen molar-refractivity contribution in [3.8, 4) is 0 Å². The SMILES string of the molecule is Cn1cc(CCC(=O)C2COCCO2)cn1. The molecular formula is C11H16N2O3. The topological polar surface area (TPSA) is 53.4 Å². The lowest BCUT2D eigenvalue weighted by Gasteiger charge is -2.21. The molecule has 0 saturated carbocycles. The van der Waals surface area contributed by atoms with Gasteiger partial charge < -0.3 is 9.47 Å². The minimum atomic E-state index is -0.370. The third-order valence-electron chi connectivity index (χ3n) is 2.59. The van der Waals surface area contributed by atoms with Gasteiger partial charge in [-0.2, -0.15) is 5.10 Å². The van der Waals surface area contributed by atoms with Gasteiger partial charge in [-0.15, -0.1) is 0 Å². The zero-order chi connectivity index (χ0) is 11.4. The number of nitrogens with zero attached hydrogens (tertiary/aromatic N) is 2. The molecule has 1 aromatic rings. The average molecular weight is 224 g/mol. The molecule has 0 bridgehead atoms. The first kappa shape index (κ1) is 11.3. The first-order valence-electron chi connectivity index (χ1n) is 5.45. The summed E-state index contributed by atoms with van der Waals surface area (Å²) in [6.45, 7) is 1.50. The summed E-state index contributed by atoms with van der Waals surface area (Å²) in [4.78, 5) is 11.7. The maximum absolute atomic E-state index is 11.7. The highest BCUT2D eigenvalue weighted by Gasteiger charge is 2.21. The highest BCUT2D eigenvalue weighted by molar-refractivity contribution is 5.83. The first-order valence-corrected chi connectivity index (χ1v) is 5.45. The van der Waals surface area contributed by atoms with Crippen molar-refractivity contribution in [2.24, 2.45) is 7.05 Å². The number of carbonyl (C=O) groups excluding carboxylic acids is 1. The molecule has 16 heavy (non-hydrogen) atoms. The monoisotopic (exact) mass is 224 g/mol. The van der Waals surface area contributed by atoms with Crippen LogP contribution in [0.2, 0.25) is 0 Å². The minimum Gasteiger partial charge on any atom is -0.376 e. The second kappa shape index (κ2) is 5.23. The zero-order valence-corrected chi connectivity index (χ0v) is 9.39. The predicted octanol–water partition coefficient (Wildman–Crippen LogP) is 0.337. The molecular weight excluding hydrogens is 208 g/mol. The molecule has 1 aliphatic rings. The Bertz CT molecular complexity index is 356. The van der Waals surface area contributed by atoms with E-state index in [1.54, 1.807) is 10.9 Å². The summed E-state index contributed by atoms with van der Waals surface area (Å²) < 4.78 is 12.3. The van der Waals surface area contributed by atoms with E-state index in [4.69, 9.17) is 9.47 Å². The molecule has 1 unspecified atom stereocenters. The number of Topliss-reactive ketones (excluding diaryl/α,β-unsaturated/α-hetero) is 1. The van der Waals surface area contributed by atoms with Gasteiger partial charge in [0.1, 0.15) is 6.10 Å². The van der Waals surface area contributed by atoms with Gasteiger partial charge in [-0.05, 0) is 12.0 Å². The van der Waals surface area contributed by atoms with Crippen molar-refractivity contribution in [3.63, 3.8) is 0 Å². The van der Waals surface area contributed by atoms with Gasteiger partial charge in [0.15, 0.2) is 5.78 Å². The lowest BCUT2D eigenvalue weighted by Crippen LogP contribution is -2.35. The molecule has 5 nitrogen and oxygen atoms in total. The van der Waals surface area contributed by atoms with Crippen LogP contribution in [0.25, 0.3) is 0 Å². The Kier molecular flexibility index (Phi) is 3.69. The number of aromatic nitrogens is 2. The second-order valence-electron chi connectivity index (χ2n) is 3.92. The molecule has 0 aromatic carbocycles. The number of hydrogen-bond acceptors (Lipinski definition) is 4. The van der Waals surface area contributed by atoms with Crippen LogP contribution in [0.15, 0.2) is 12.4 Å². The summed E-state index contributed by atoms with van der Waals surface area (Å²) in [5.41, 5.74) is 1.08. The molecule has 5 heteroatoms. The zero-order valence-electron chi connectivity index (χ0n) is 9.39. The molecule has 2 rings (SSSR count). The third kappa shape index (κ3) is 2.90. The van der Waals surface area contributed by atoms with Crippen molar-refractivity contribution >= 4 is 5.78 Å². The van der Waals surface area contributed by atoms with Crippen molar-refractivity contribution in [3.05, 3.63) is 18.0 Å². The van der Waals surface area contributed by atoms with Crippen molar-refractivity contribution in [2.45, 2.75) is 18.9 Å². The van der Waals surface area contributed by atoms with Gasteiger partial charge in [0.2, 0.25) is 0 Å². The Morgan fingerprint density at radius 2 is 2.50 bits per heavy atom. The summed E-state index contributed by atoms with van der Waals surface area (Å²) in [5.74, 6) is 0.114. The van der Waals surface area contributed by atoms with E-state index < -0.39 is 0 Å². The largest absolute Gasteiger partial charge is 0.376 e. The highest BCUT2D eigenvalue weighted by Crippen LogP contribution is 2.08. The van der Waals surface area contributed by atoms with Crippen molar-refractivity contribution in [1.82, 2.24) is 9.78 Å². The number of ketones is 1. The maximum Gasteiger partial charge on any atom is 0.164 e. The predicted molar refractivity (Wildman–Crippen MR) is 57.1 cm³/mol. The van der Waals surface area contributed by atoms with Crippen LogP contribution in [0.5, 0.6) is 0 Å². The fourth-order valence-electron chi connectivity index (χ4n) is 1.70. The normalized spacial score (nSPS) is 20.9. The number of carbonyl (C=O) groups is 1. The lowest BCUT2D eigenvalue weighted by molar-refractivity contribution is -0.145. The molecule has 1 aliphatic heterocycles. The van der Waals surface area contributed by atoms with Gasteiger partial charge in [0, 0.05) is 19.7 Å². The number of ether oxygens (including phenoxy) is 2. The van der Waals surface area contributed by atoms with E-state index in [0.717, 1.165) is 5.56 Å². The maximum atomic E-state index is 11.7. The van der Waals surface area contributed by atoms with Crippen molar-refractivity contribution in [2.75, 3.05) is 19.8 Å². The molecule has 1 aromatic heterocycles. The summed E-state index contributed by atoms with van der Waals surface area (Å²) in [6.07, 6.45) is 4.54. The second-order valence-corrected chi connectivity index (χ2v) is 3.92.